The molecule has 1 aromatic carbocycles. The number of hydrogen-bond acceptors (Lipinski definition) is 4. The maximum Gasteiger partial charge on any atom is 0.317 e. The van der Waals surface area contributed by atoms with Crippen molar-refractivity contribution in [3.63, 3.8) is 0 Å². The van der Waals surface area contributed by atoms with Crippen LogP contribution < -0.4 is 10.1 Å². The van der Waals surface area contributed by atoms with Crippen molar-refractivity contribution >= 4 is 0 Å². The molecule has 1 unspecified atom stereocenters. The zero-order valence-corrected chi connectivity index (χ0v) is 12.3. The summed E-state index contributed by atoms with van der Waals surface area (Å²) in [4.78, 5) is 8.70. The molecule has 4 heteroatoms. The van der Waals surface area contributed by atoms with Crippen molar-refractivity contribution in [2.75, 3.05) is 6.54 Å². The fraction of sp³-hybridized carbons (Fsp3) is 0.375. The molecule has 0 fully saturated rings. The van der Waals surface area contributed by atoms with Crippen LogP contribution in [0.1, 0.15) is 36.8 Å². The maximum absolute atomic E-state index is 5.80. The highest BCUT2D eigenvalue weighted by Crippen LogP contribution is 2.19. The molecule has 1 atom stereocenters. The number of rotatable bonds is 6. The molecule has 0 saturated heterocycles. The molecule has 2 aromatic rings. The number of aromatic nitrogens is 2. The lowest BCUT2D eigenvalue weighted by molar-refractivity contribution is 0.206. The molecule has 0 radical (unpaired) electrons. The summed E-state index contributed by atoms with van der Waals surface area (Å²) in [6.07, 6.45) is 1.77. The van der Waals surface area contributed by atoms with E-state index in [2.05, 4.69) is 22.2 Å². The van der Waals surface area contributed by atoms with Gasteiger partial charge in [-0.1, -0.05) is 37.3 Å². The lowest BCUT2D eigenvalue weighted by Gasteiger charge is -2.14. The van der Waals surface area contributed by atoms with Crippen molar-refractivity contribution in [3.8, 4) is 6.01 Å². The van der Waals surface area contributed by atoms with Gasteiger partial charge < -0.3 is 10.1 Å². The highest BCUT2D eigenvalue weighted by Gasteiger charge is 2.10. The third-order valence-corrected chi connectivity index (χ3v) is 3.18. The molecular weight excluding hydrogens is 250 g/mol. The van der Waals surface area contributed by atoms with E-state index < -0.39 is 0 Å². The minimum atomic E-state index is -0.0600. The Hall–Kier alpha value is -1.94. The molecule has 4 nitrogen and oxygen atoms in total. The standard InChI is InChI=1S/C16H21N3O/c1-4-17-10-15-11-18-16(19-12(15)2)20-13(3)14-8-6-5-7-9-14/h5-9,11,13,17H,4,10H2,1-3H3. The summed E-state index contributed by atoms with van der Waals surface area (Å²) in [7, 11) is 0. The average molecular weight is 271 g/mol. The van der Waals surface area contributed by atoms with Crippen LogP contribution in [0, 0.1) is 6.92 Å². The average Bonchev–Trinajstić information content (AvgIpc) is 2.47. The van der Waals surface area contributed by atoms with Crippen molar-refractivity contribution < 1.29 is 4.74 Å². The van der Waals surface area contributed by atoms with Crippen molar-refractivity contribution in [1.82, 2.24) is 15.3 Å². The zero-order chi connectivity index (χ0) is 14.4. The number of hydrogen-bond donors (Lipinski definition) is 1. The van der Waals surface area contributed by atoms with Crippen LogP contribution in [0.4, 0.5) is 0 Å². The number of aryl methyl sites for hydroxylation is 1. The molecule has 2 rings (SSSR count). The number of nitrogens with one attached hydrogen (secondary N) is 1. The first-order valence-corrected chi connectivity index (χ1v) is 6.95. The lowest BCUT2D eigenvalue weighted by atomic mass is 10.1. The second-order valence-corrected chi connectivity index (χ2v) is 4.71. The van der Waals surface area contributed by atoms with Gasteiger partial charge >= 0.3 is 6.01 Å². The molecule has 0 spiro atoms. The molecule has 1 aromatic heterocycles. The van der Waals surface area contributed by atoms with E-state index in [1.54, 1.807) is 0 Å². The summed E-state index contributed by atoms with van der Waals surface area (Å²) in [5, 5.41) is 3.27. The monoisotopic (exact) mass is 271 g/mol. The Labute approximate surface area is 120 Å². The third-order valence-electron chi connectivity index (χ3n) is 3.18. The number of nitrogens with zero attached hydrogens (tertiary/aromatic N) is 2. The van der Waals surface area contributed by atoms with E-state index >= 15 is 0 Å². The van der Waals surface area contributed by atoms with E-state index in [1.807, 2.05) is 50.4 Å². The normalized spacial score (nSPS) is 12.2. The van der Waals surface area contributed by atoms with Crippen LogP contribution in [0.2, 0.25) is 0 Å². The van der Waals surface area contributed by atoms with Crippen LogP contribution in [0.25, 0.3) is 0 Å². The van der Waals surface area contributed by atoms with Gasteiger partial charge in [-0.05, 0) is 26.0 Å². The van der Waals surface area contributed by atoms with E-state index in [9.17, 15) is 0 Å². The Bertz CT molecular complexity index is 543. The van der Waals surface area contributed by atoms with Gasteiger partial charge in [-0.25, -0.2) is 9.97 Å². The van der Waals surface area contributed by atoms with Crippen molar-refractivity contribution in [3.05, 3.63) is 53.3 Å². The predicted molar refractivity (Wildman–Crippen MR) is 79.6 cm³/mol. The summed E-state index contributed by atoms with van der Waals surface area (Å²) in [5.41, 5.74) is 3.17. The second kappa shape index (κ2) is 7.01. The van der Waals surface area contributed by atoms with Gasteiger partial charge in [-0.3, -0.25) is 0 Å². The minimum Gasteiger partial charge on any atom is -0.456 e. The largest absolute Gasteiger partial charge is 0.456 e. The Morgan fingerprint density at radius 3 is 2.65 bits per heavy atom. The summed E-state index contributed by atoms with van der Waals surface area (Å²) in [5.74, 6) is 0. The van der Waals surface area contributed by atoms with Crippen LogP contribution in [0.3, 0.4) is 0 Å². The summed E-state index contributed by atoms with van der Waals surface area (Å²) >= 11 is 0. The van der Waals surface area contributed by atoms with E-state index in [0.29, 0.717) is 6.01 Å². The van der Waals surface area contributed by atoms with Gasteiger partial charge in [0, 0.05) is 24.0 Å². The molecule has 0 saturated carbocycles. The van der Waals surface area contributed by atoms with E-state index in [1.165, 1.54) is 0 Å². The Morgan fingerprint density at radius 1 is 1.25 bits per heavy atom. The summed E-state index contributed by atoms with van der Waals surface area (Å²) in [6.45, 7) is 7.78. The third kappa shape index (κ3) is 3.78. The van der Waals surface area contributed by atoms with Gasteiger partial charge in [0.15, 0.2) is 0 Å². The fourth-order valence-electron chi connectivity index (χ4n) is 1.91. The van der Waals surface area contributed by atoms with Gasteiger partial charge in [-0.2, -0.15) is 0 Å². The molecule has 1 N–H and O–H groups in total. The highest BCUT2D eigenvalue weighted by atomic mass is 16.5. The van der Waals surface area contributed by atoms with Gasteiger partial charge in [0.2, 0.25) is 0 Å². The van der Waals surface area contributed by atoms with Crippen molar-refractivity contribution in [2.45, 2.75) is 33.4 Å². The quantitative estimate of drug-likeness (QED) is 0.877. The Balaban J connectivity index is 2.05. The topological polar surface area (TPSA) is 47.0 Å². The van der Waals surface area contributed by atoms with E-state index in [-0.39, 0.29) is 6.10 Å². The van der Waals surface area contributed by atoms with Crippen molar-refractivity contribution in [1.29, 1.82) is 0 Å². The maximum atomic E-state index is 5.80. The van der Waals surface area contributed by atoms with Crippen molar-refractivity contribution in [2.24, 2.45) is 0 Å². The first-order chi connectivity index (χ1) is 9.70. The van der Waals surface area contributed by atoms with E-state index in [4.69, 9.17) is 4.74 Å². The molecule has 0 aliphatic rings. The molecule has 20 heavy (non-hydrogen) atoms. The van der Waals surface area contributed by atoms with Gasteiger partial charge in [0.1, 0.15) is 6.10 Å². The van der Waals surface area contributed by atoms with Crippen LogP contribution >= 0.6 is 0 Å². The second-order valence-electron chi connectivity index (χ2n) is 4.71. The summed E-state index contributed by atoms with van der Waals surface area (Å²) in [6, 6.07) is 10.5. The van der Waals surface area contributed by atoms with Crippen LogP contribution in [-0.4, -0.2) is 16.5 Å². The van der Waals surface area contributed by atoms with Gasteiger partial charge in [-0.15, -0.1) is 0 Å². The summed E-state index contributed by atoms with van der Waals surface area (Å²) < 4.78 is 5.80. The zero-order valence-electron chi connectivity index (χ0n) is 12.3. The first-order valence-electron chi connectivity index (χ1n) is 6.95. The number of benzene rings is 1. The smallest absolute Gasteiger partial charge is 0.317 e. The molecule has 0 aliphatic heterocycles. The molecule has 106 valence electrons. The fourth-order valence-corrected chi connectivity index (χ4v) is 1.91. The van der Waals surface area contributed by atoms with Crippen LogP contribution in [0.15, 0.2) is 36.5 Å². The SMILES string of the molecule is CCNCc1cnc(OC(C)c2ccccc2)nc1C. The lowest BCUT2D eigenvalue weighted by Crippen LogP contribution is -2.14. The number of ether oxygens (including phenoxy) is 1. The molecule has 0 aliphatic carbocycles. The predicted octanol–water partition coefficient (Wildman–Crippen LogP) is 3.03. The first kappa shape index (κ1) is 14.5. The Kier molecular flexibility index (Phi) is 5.07. The van der Waals surface area contributed by atoms with Crippen LogP contribution in [0.5, 0.6) is 6.01 Å². The van der Waals surface area contributed by atoms with Crippen LogP contribution in [-0.2, 0) is 6.54 Å². The molecular formula is C16H21N3O. The molecule has 0 amide bonds. The minimum absolute atomic E-state index is 0.0600. The molecule has 1 heterocycles. The Morgan fingerprint density at radius 2 is 2.00 bits per heavy atom. The van der Waals surface area contributed by atoms with Gasteiger partial charge in [0.25, 0.3) is 0 Å². The van der Waals surface area contributed by atoms with E-state index in [0.717, 1.165) is 29.9 Å². The molecule has 0 bridgehead atoms. The van der Waals surface area contributed by atoms with Gasteiger partial charge in [0.05, 0.1) is 0 Å². The highest BCUT2D eigenvalue weighted by molar-refractivity contribution is 5.20.